The molecule has 1 saturated heterocycles. The standard InChI is InChI=1S/C18H21ClN6O/c1-14-21-6-7-25(14)18(22-13-15-4-3-5-16(19)12-15)23-17(20-2)24-8-10-26-11-9-24/h3-7,12-13H,8-11H2,1-2H3/b20-17?,22-13+,23-18+. The monoisotopic (exact) mass is 372 g/mol. The molecule has 1 aliphatic rings. The molecule has 0 bridgehead atoms. The molecular formula is C18H21ClN6O. The van der Waals surface area contributed by atoms with E-state index in [1.54, 1.807) is 19.5 Å². The molecule has 0 atom stereocenters. The number of imidazole rings is 1. The van der Waals surface area contributed by atoms with Gasteiger partial charge in [0.1, 0.15) is 5.82 Å². The van der Waals surface area contributed by atoms with Gasteiger partial charge in [-0.05, 0) is 24.6 Å². The van der Waals surface area contributed by atoms with Crippen LogP contribution < -0.4 is 0 Å². The third-order valence-electron chi connectivity index (χ3n) is 3.91. The summed E-state index contributed by atoms with van der Waals surface area (Å²) in [4.78, 5) is 19.9. The molecule has 0 saturated carbocycles. The highest BCUT2D eigenvalue weighted by molar-refractivity contribution is 6.30. The smallest absolute Gasteiger partial charge is 0.238 e. The Morgan fingerprint density at radius 2 is 2.08 bits per heavy atom. The zero-order chi connectivity index (χ0) is 18.4. The number of nitrogens with zero attached hydrogens (tertiary/aromatic N) is 6. The lowest BCUT2D eigenvalue weighted by Gasteiger charge is -2.27. The topological polar surface area (TPSA) is 67.4 Å². The zero-order valence-electron chi connectivity index (χ0n) is 14.8. The maximum Gasteiger partial charge on any atom is 0.238 e. The minimum atomic E-state index is 0.493. The Balaban J connectivity index is 1.94. The van der Waals surface area contributed by atoms with E-state index < -0.39 is 0 Å². The number of hydrogen-bond donors (Lipinski definition) is 0. The second kappa shape index (κ2) is 8.73. The van der Waals surface area contributed by atoms with Crippen LogP contribution in [-0.2, 0) is 4.74 Å². The molecule has 0 N–H and O–H groups in total. The first-order valence-electron chi connectivity index (χ1n) is 8.35. The highest BCUT2D eigenvalue weighted by atomic mass is 35.5. The average Bonchev–Trinajstić information content (AvgIpc) is 3.09. The van der Waals surface area contributed by atoms with E-state index in [0.717, 1.165) is 24.5 Å². The van der Waals surface area contributed by atoms with Crippen LogP contribution in [0.25, 0.3) is 0 Å². The number of morpholine rings is 1. The maximum atomic E-state index is 6.05. The van der Waals surface area contributed by atoms with E-state index >= 15 is 0 Å². The second-order valence-corrected chi connectivity index (χ2v) is 6.13. The van der Waals surface area contributed by atoms with Gasteiger partial charge in [0.2, 0.25) is 11.9 Å². The Morgan fingerprint density at radius 1 is 1.27 bits per heavy atom. The van der Waals surface area contributed by atoms with Gasteiger partial charge < -0.3 is 9.64 Å². The molecule has 3 rings (SSSR count). The summed E-state index contributed by atoms with van der Waals surface area (Å²) in [5.41, 5.74) is 0.893. The quantitative estimate of drug-likeness (QED) is 0.570. The SMILES string of the molecule is CN=C(/N=C(\N=C\c1cccc(Cl)c1)n1ccnc1C)N1CCOCC1. The predicted molar refractivity (Wildman–Crippen MR) is 105 cm³/mol. The van der Waals surface area contributed by atoms with Crippen molar-refractivity contribution in [1.82, 2.24) is 14.5 Å². The van der Waals surface area contributed by atoms with E-state index in [0.29, 0.717) is 30.2 Å². The molecule has 0 unspecified atom stereocenters. The molecule has 1 aromatic carbocycles. The molecule has 1 aliphatic heterocycles. The zero-order valence-corrected chi connectivity index (χ0v) is 15.6. The van der Waals surface area contributed by atoms with Gasteiger partial charge in [0.15, 0.2) is 0 Å². The van der Waals surface area contributed by atoms with Crippen molar-refractivity contribution < 1.29 is 4.74 Å². The maximum absolute atomic E-state index is 6.05. The first-order valence-corrected chi connectivity index (χ1v) is 8.73. The number of guanidine groups is 1. The van der Waals surface area contributed by atoms with Crippen molar-refractivity contribution in [3.05, 3.63) is 53.1 Å². The summed E-state index contributed by atoms with van der Waals surface area (Å²) in [7, 11) is 1.73. The first kappa shape index (κ1) is 18.3. The summed E-state index contributed by atoms with van der Waals surface area (Å²) in [6.45, 7) is 4.75. The fourth-order valence-electron chi connectivity index (χ4n) is 2.57. The largest absolute Gasteiger partial charge is 0.378 e. The van der Waals surface area contributed by atoms with E-state index in [4.69, 9.17) is 16.3 Å². The summed E-state index contributed by atoms with van der Waals surface area (Å²) < 4.78 is 7.23. The molecule has 26 heavy (non-hydrogen) atoms. The van der Waals surface area contributed by atoms with Crippen molar-refractivity contribution in [3.63, 3.8) is 0 Å². The van der Waals surface area contributed by atoms with Gasteiger partial charge in [-0.3, -0.25) is 9.56 Å². The van der Waals surface area contributed by atoms with Crippen LogP contribution in [0.15, 0.2) is 51.6 Å². The average molecular weight is 373 g/mol. The van der Waals surface area contributed by atoms with Crippen LogP contribution in [0.4, 0.5) is 0 Å². The Bertz CT molecular complexity index is 836. The Labute approximate surface area is 157 Å². The van der Waals surface area contributed by atoms with Gasteiger partial charge in [0.05, 0.1) is 13.2 Å². The number of aromatic nitrogens is 2. The molecule has 0 radical (unpaired) electrons. The normalized spacial score (nSPS) is 16.5. The fraction of sp³-hybridized carbons (Fsp3) is 0.333. The minimum absolute atomic E-state index is 0.493. The molecule has 136 valence electrons. The molecule has 1 fully saturated rings. The summed E-state index contributed by atoms with van der Waals surface area (Å²) in [6, 6.07) is 7.49. The minimum Gasteiger partial charge on any atom is -0.378 e. The van der Waals surface area contributed by atoms with Crippen LogP contribution in [0.1, 0.15) is 11.4 Å². The number of benzene rings is 1. The number of hydrogen-bond acceptors (Lipinski definition) is 3. The van der Waals surface area contributed by atoms with Gasteiger partial charge >= 0.3 is 0 Å². The molecule has 0 spiro atoms. The molecular weight excluding hydrogens is 352 g/mol. The van der Waals surface area contributed by atoms with Gasteiger partial charge in [-0.2, -0.15) is 4.99 Å². The van der Waals surface area contributed by atoms with Gasteiger partial charge in [0, 0.05) is 43.8 Å². The van der Waals surface area contributed by atoms with Crippen LogP contribution in [0.2, 0.25) is 5.02 Å². The molecule has 2 heterocycles. The summed E-state index contributed by atoms with van der Waals surface area (Å²) in [5.74, 6) is 1.91. The Kier molecular flexibility index (Phi) is 6.14. The third kappa shape index (κ3) is 4.56. The van der Waals surface area contributed by atoms with E-state index in [1.165, 1.54) is 0 Å². The van der Waals surface area contributed by atoms with Crippen molar-refractivity contribution in [2.45, 2.75) is 6.92 Å². The van der Waals surface area contributed by atoms with Crippen LogP contribution in [0.3, 0.4) is 0 Å². The summed E-state index contributed by atoms with van der Waals surface area (Å²) >= 11 is 6.05. The van der Waals surface area contributed by atoms with Gasteiger partial charge in [0.25, 0.3) is 0 Å². The van der Waals surface area contributed by atoms with Crippen molar-refractivity contribution in [2.75, 3.05) is 33.4 Å². The highest BCUT2D eigenvalue weighted by Gasteiger charge is 2.16. The molecule has 2 aromatic rings. The lowest BCUT2D eigenvalue weighted by Crippen LogP contribution is -2.40. The summed E-state index contributed by atoms with van der Waals surface area (Å²) in [6.07, 6.45) is 5.28. The molecule has 8 heteroatoms. The molecule has 7 nitrogen and oxygen atoms in total. The molecule has 0 amide bonds. The lowest BCUT2D eigenvalue weighted by atomic mass is 10.2. The van der Waals surface area contributed by atoms with E-state index in [2.05, 4.69) is 24.9 Å². The molecule has 0 aliphatic carbocycles. The van der Waals surface area contributed by atoms with E-state index in [-0.39, 0.29) is 0 Å². The molecule has 1 aromatic heterocycles. The predicted octanol–water partition coefficient (Wildman–Crippen LogP) is 2.49. The number of aliphatic imine (C=N–C) groups is 3. The fourth-order valence-corrected chi connectivity index (χ4v) is 2.77. The number of halogens is 1. The van der Waals surface area contributed by atoms with Crippen LogP contribution >= 0.6 is 11.6 Å². The van der Waals surface area contributed by atoms with Gasteiger partial charge in [-0.25, -0.2) is 9.98 Å². The number of rotatable bonds is 1. The van der Waals surface area contributed by atoms with Crippen LogP contribution in [0.5, 0.6) is 0 Å². The summed E-state index contributed by atoms with van der Waals surface area (Å²) in [5, 5.41) is 0.662. The Hall–Kier alpha value is -2.51. The number of aryl methyl sites for hydroxylation is 1. The van der Waals surface area contributed by atoms with Crippen molar-refractivity contribution in [2.24, 2.45) is 15.0 Å². The Morgan fingerprint density at radius 3 is 2.73 bits per heavy atom. The van der Waals surface area contributed by atoms with E-state index in [1.807, 2.05) is 42.0 Å². The van der Waals surface area contributed by atoms with Crippen molar-refractivity contribution >= 4 is 29.7 Å². The third-order valence-corrected chi connectivity index (χ3v) is 4.15. The van der Waals surface area contributed by atoms with Crippen molar-refractivity contribution in [1.29, 1.82) is 0 Å². The van der Waals surface area contributed by atoms with Crippen molar-refractivity contribution in [3.8, 4) is 0 Å². The van der Waals surface area contributed by atoms with Crippen LogP contribution in [-0.4, -0.2) is 65.9 Å². The lowest BCUT2D eigenvalue weighted by molar-refractivity contribution is 0.0675. The van der Waals surface area contributed by atoms with Crippen LogP contribution in [0, 0.1) is 6.92 Å². The van der Waals surface area contributed by atoms with Gasteiger partial charge in [-0.15, -0.1) is 0 Å². The second-order valence-electron chi connectivity index (χ2n) is 5.69. The van der Waals surface area contributed by atoms with E-state index in [9.17, 15) is 0 Å². The van der Waals surface area contributed by atoms with Gasteiger partial charge in [-0.1, -0.05) is 23.7 Å². The highest BCUT2D eigenvalue weighted by Crippen LogP contribution is 2.09. The first-order chi connectivity index (χ1) is 12.7. The number of ether oxygens (including phenoxy) is 1.